The van der Waals surface area contributed by atoms with Crippen molar-refractivity contribution >= 4 is 23.2 Å². The van der Waals surface area contributed by atoms with Crippen molar-refractivity contribution in [3.63, 3.8) is 0 Å². The van der Waals surface area contributed by atoms with Crippen LogP contribution in [-0.4, -0.2) is 0 Å². The molecule has 1 aliphatic carbocycles. The van der Waals surface area contributed by atoms with E-state index in [-0.39, 0.29) is 10.8 Å². The fraction of sp³-hybridized carbons (Fsp3) is 0.300. The zero-order valence-corrected chi connectivity index (χ0v) is 14.3. The highest BCUT2D eigenvalue weighted by atomic mass is 35.5. The van der Waals surface area contributed by atoms with E-state index in [1.54, 1.807) is 11.6 Å². The summed E-state index contributed by atoms with van der Waals surface area (Å²) in [5.74, 6) is 0.866. The zero-order chi connectivity index (χ0) is 16.2. The zero-order valence-electron chi connectivity index (χ0n) is 12.8. The van der Waals surface area contributed by atoms with Gasteiger partial charge in [0.25, 0.3) is 0 Å². The summed E-state index contributed by atoms with van der Waals surface area (Å²) in [5.41, 5.74) is 4.89. The van der Waals surface area contributed by atoms with Crippen molar-refractivity contribution in [2.24, 2.45) is 5.92 Å². The van der Waals surface area contributed by atoms with E-state index in [1.807, 2.05) is 6.07 Å². The lowest BCUT2D eigenvalue weighted by Crippen LogP contribution is -2.11. The lowest BCUT2D eigenvalue weighted by molar-refractivity contribution is 0.376. The van der Waals surface area contributed by atoms with E-state index >= 15 is 0 Å². The van der Waals surface area contributed by atoms with Gasteiger partial charge in [0, 0.05) is 5.54 Å². The Hall–Kier alpha value is -1.31. The first kappa shape index (κ1) is 16.5. The van der Waals surface area contributed by atoms with Crippen molar-refractivity contribution in [3.8, 4) is 11.1 Å². The number of hydrogen-bond acceptors (Lipinski definition) is 0. The van der Waals surface area contributed by atoms with Crippen molar-refractivity contribution in [2.75, 3.05) is 0 Å². The Morgan fingerprint density at radius 2 is 1.57 bits per heavy atom. The fourth-order valence-corrected chi connectivity index (χ4v) is 3.69. The summed E-state index contributed by atoms with van der Waals surface area (Å²) in [5, 5.41) is 0.160. The van der Waals surface area contributed by atoms with Gasteiger partial charge in [-0.3, -0.25) is 0 Å². The maximum atomic E-state index is 13.6. The van der Waals surface area contributed by atoms with Gasteiger partial charge in [0.05, 0.1) is 5.02 Å². The van der Waals surface area contributed by atoms with E-state index in [0.717, 1.165) is 11.1 Å². The molecule has 23 heavy (non-hydrogen) atoms. The molecule has 1 saturated carbocycles. The first-order chi connectivity index (χ1) is 11.2. The summed E-state index contributed by atoms with van der Waals surface area (Å²) in [4.78, 5) is 0. The summed E-state index contributed by atoms with van der Waals surface area (Å²) < 4.78 is 13.6. The van der Waals surface area contributed by atoms with Crippen LogP contribution in [-0.2, 0) is 0 Å². The van der Waals surface area contributed by atoms with Crippen LogP contribution in [0.5, 0.6) is 0 Å². The summed E-state index contributed by atoms with van der Waals surface area (Å²) in [6.45, 7) is 0. The number of rotatable bonds is 3. The molecule has 3 rings (SSSR count). The van der Waals surface area contributed by atoms with Crippen LogP contribution in [0, 0.1) is 11.7 Å². The molecule has 0 atom stereocenters. The van der Waals surface area contributed by atoms with E-state index in [0.29, 0.717) is 11.8 Å². The monoisotopic (exact) mass is 348 g/mol. The van der Waals surface area contributed by atoms with Gasteiger partial charge in [0.15, 0.2) is 0 Å². The average Bonchev–Trinajstić information content (AvgIpc) is 2.59. The highest BCUT2D eigenvalue weighted by Crippen LogP contribution is 2.37. The van der Waals surface area contributed by atoms with Crippen LogP contribution in [0.1, 0.15) is 37.2 Å². The topological polar surface area (TPSA) is 0 Å². The van der Waals surface area contributed by atoms with Gasteiger partial charge in [-0.15, -0.1) is 0 Å². The standard InChI is InChI=1S/C20H19Cl2F/c21-12-11-14-1-3-15(4-2-14)16-5-7-17(8-6-16)18-9-10-19(22)20(23)13-18/h5-15H,1-4H2. The van der Waals surface area contributed by atoms with Gasteiger partial charge in [0.1, 0.15) is 5.82 Å². The van der Waals surface area contributed by atoms with E-state index in [1.165, 1.54) is 37.3 Å². The van der Waals surface area contributed by atoms with Crippen LogP contribution in [0.15, 0.2) is 54.1 Å². The summed E-state index contributed by atoms with van der Waals surface area (Å²) in [6, 6.07) is 13.4. The third kappa shape index (κ3) is 3.97. The second kappa shape index (κ2) is 7.51. The van der Waals surface area contributed by atoms with Crippen molar-refractivity contribution in [3.05, 3.63) is 70.5 Å². The lowest BCUT2D eigenvalue weighted by atomic mass is 9.78. The van der Waals surface area contributed by atoms with Gasteiger partial charge in [-0.05, 0) is 66.3 Å². The first-order valence-electron chi connectivity index (χ1n) is 7.99. The molecule has 120 valence electrons. The fourth-order valence-electron chi connectivity index (χ4n) is 3.37. The summed E-state index contributed by atoms with van der Waals surface area (Å²) in [7, 11) is 0. The van der Waals surface area contributed by atoms with Gasteiger partial charge in [0.2, 0.25) is 0 Å². The van der Waals surface area contributed by atoms with E-state index in [9.17, 15) is 4.39 Å². The Labute approximate surface area is 146 Å². The molecule has 1 fully saturated rings. The lowest BCUT2D eigenvalue weighted by Gasteiger charge is -2.27. The van der Waals surface area contributed by atoms with Crippen molar-refractivity contribution < 1.29 is 4.39 Å². The molecule has 2 aromatic rings. The Morgan fingerprint density at radius 3 is 2.17 bits per heavy atom. The molecule has 3 heteroatoms. The number of benzene rings is 2. The van der Waals surface area contributed by atoms with Crippen LogP contribution >= 0.6 is 23.2 Å². The SMILES string of the molecule is Fc1cc(-c2ccc(C3CCC(C=CCl)CC3)cc2)ccc1Cl. The van der Waals surface area contributed by atoms with E-state index in [4.69, 9.17) is 23.2 Å². The molecule has 0 radical (unpaired) electrons. The smallest absolute Gasteiger partial charge is 0.142 e. The minimum Gasteiger partial charge on any atom is -0.205 e. The number of hydrogen-bond donors (Lipinski definition) is 0. The molecule has 0 N–H and O–H groups in total. The number of allylic oxidation sites excluding steroid dienone is 1. The maximum absolute atomic E-state index is 13.6. The molecule has 0 aliphatic heterocycles. The molecule has 0 spiro atoms. The highest BCUT2D eigenvalue weighted by Gasteiger charge is 2.20. The van der Waals surface area contributed by atoms with Crippen LogP contribution in [0.4, 0.5) is 4.39 Å². The van der Waals surface area contributed by atoms with Gasteiger partial charge in [-0.25, -0.2) is 4.39 Å². The predicted molar refractivity (Wildman–Crippen MR) is 96.5 cm³/mol. The van der Waals surface area contributed by atoms with Crippen molar-refractivity contribution in [1.29, 1.82) is 0 Å². The third-order valence-electron chi connectivity index (χ3n) is 4.75. The number of halogens is 3. The van der Waals surface area contributed by atoms with Crippen LogP contribution in [0.3, 0.4) is 0 Å². The quantitative estimate of drug-likeness (QED) is 0.551. The molecule has 0 heterocycles. The minimum absolute atomic E-state index is 0.160. The molecule has 0 bridgehead atoms. The predicted octanol–water partition coefficient (Wildman–Crippen LogP) is 7.17. The second-order valence-corrected chi connectivity index (χ2v) is 6.84. The molecule has 0 nitrogen and oxygen atoms in total. The van der Waals surface area contributed by atoms with Gasteiger partial charge in [-0.1, -0.05) is 59.6 Å². The molecule has 0 aromatic heterocycles. The third-order valence-corrected chi connectivity index (χ3v) is 5.20. The summed E-state index contributed by atoms with van der Waals surface area (Å²) in [6.07, 6.45) is 6.88. The van der Waals surface area contributed by atoms with Crippen LogP contribution in [0.25, 0.3) is 11.1 Å². The minimum atomic E-state index is -0.376. The largest absolute Gasteiger partial charge is 0.205 e. The van der Waals surface area contributed by atoms with Gasteiger partial charge in [-0.2, -0.15) is 0 Å². The van der Waals surface area contributed by atoms with Gasteiger partial charge < -0.3 is 0 Å². The molecular weight excluding hydrogens is 330 g/mol. The van der Waals surface area contributed by atoms with Crippen molar-refractivity contribution in [1.82, 2.24) is 0 Å². The van der Waals surface area contributed by atoms with Crippen molar-refractivity contribution in [2.45, 2.75) is 31.6 Å². The average molecular weight is 349 g/mol. The second-order valence-electron chi connectivity index (χ2n) is 6.18. The maximum Gasteiger partial charge on any atom is 0.142 e. The molecule has 0 saturated heterocycles. The molecular formula is C20H19Cl2F. The van der Waals surface area contributed by atoms with Gasteiger partial charge >= 0.3 is 0 Å². The Kier molecular flexibility index (Phi) is 5.40. The van der Waals surface area contributed by atoms with E-state index in [2.05, 4.69) is 30.3 Å². The van der Waals surface area contributed by atoms with Crippen LogP contribution in [0.2, 0.25) is 5.02 Å². The Balaban J connectivity index is 1.71. The normalized spacial score (nSPS) is 21.7. The Morgan fingerprint density at radius 1 is 0.913 bits per heavy atom. The summed E-state index contributed by atoms with van der Waals surface area (Å²) >= 11 is 11.4. The molecule has 2 aromatic carbocycles. The van der Waals surface area contributed by atoms with E-state index < -0.39 is 0 Å². The first-order valence-corrected chi connectivity index (χ1v) is 8.81. The van der Waals surface area contributed by atoms with Crippen LogP contribution < -0.4 is 0 Å². The molecule has 1 aliphatic rings. The highest BCUT2D eigenvalue weighted by molar-refractivity contribution is 6.30. The molecule has 0 amide bonds. The Bertz CT molecular complexity index is 683. The molecule has 0 unspecified atom stereocenters.